The van der Waals surface area contributed by atoms with Crippen molar-refractivity contribution in [3.8, 4) is 0 Å². The summed E-state index contributed by atoms with van der Waals surface area (Å²) in [5.41, 5.74) is 0. The SMILES string of the molecule is CCOC(=O)CN(C1CC1)C(CC)C(=O)OCC. The number of rotatable bonds is 8. The average Bonchev–Trinajstić information content (AvgIpc) is 3.13. The lowest BCUT2D eigenvalue weighted by molar-refractivity contribution is -0.153. The minimum Gasteiger partial charge on any atom is -0.465 e. The smallest absolute Gasteiger partial charge is 0.323 e. The molecule has 104 valence electrons. The highest BCUT2D eigenvalue weighted by molar-refractivity contribution is 5.78. The first kappa shape index (κ1) is 15.0. The van der Waals surface area contributed by atoms with E-state index in [2.05, 4.69) is 0 Å². The van der Waals surface area contributed by atoms with Gasteiger partial charge in [0.15, 0.2) is 0 Å². The molecule has 1 fully saturated rings. The minimum atomic E-state index is -0.332. The molecule has 1 unspecified atom stereocenters. The van der Waals surface area contributed by atoms with Crippen molar-refractivity contribution in [2.24, 2.45) is 0 Å². The summed E-state index contributed by atoms with van der Waals surface area (Å²) in [7, 11) is 0. The van der Waals surface area contributed by atoms with E-state index in [1.807, 2.05) is 11.8 Å². The van der Waals surface area contributed by atoms with E-state index in [0.717, 1.165) is 12.8 Å². The molecule has 0 N–H and O–H groups in total. The Balaban J connectivity index is 2.63. The summed E-state index contributed by atoms with van der Waals surface area (Å²) < 4.78 is 10.0. The normalized spacial score (nSPS) is 16.4. The average molecular weight is 257 g/mol. The molecule has 1 rings (SSSR count). The molecule has 0 spiro atoms. The molecule has 0 heterocycles. The van der Waals surface area contributed by atoms with Crippen LogP contribution in [0.15, 0.2) is 0 Å². The highest BCUT2D eigenvalue weighted by atomic mass is 16.5. The molecule has 0 bridgehead atoms. The predicted molar refractivity (Wildman–Crippen MR) is 67.1 cm³/mol. The summed E-state index contributed by atoms with van der Waals surface area (Å²) in [5.74, 6) is -0.511. The van der Waals surface area contributed by atoms with Crippen LogP contribution in [0.25, 0.3) is 0 Å². The van der Waals surface area contributed by atoms with Crippen LogP contribution >= 0.6 is 0 Å². The number of hydrogen-bond donors (Lipinski definition) is 0. The highest BCUT2D eigenvalue weighted by Crippen LogP contribution is 2.29. The van der Waals surface area contributed by atoms with Crippen molar-refractivity contribution in [1.29, 1.82) is 0 Å². The Morgan fingerprint density at radius 3 is 2.22 bits per heavy atom. The van der Waals surface area contributed by atoms with Crippen molar-refractivity contribution < 1.29 is 19.1 Å². The number of carbonyl (C=O) groups is 2. The zero-order valence-electron chi connectivity index (χ0n) is 11.5. The van der Waals surface area contributed by atoms with E-state index in [9.17, 15) is 9.59 Å². The number of esters is 2. The number of hydrogen-bond acceptors (Lipinski definition) is 5. The largest absolute Gasteiger partial charge is 0.465 e. The van der Waals surface area contributed by atoms with E-state index in [1.165, 1.54) is 0 Å². The predicted octanol–water partition coefficient (Wildman–Crippen LogP) is 1.36. The lowest BCUT2D eigenvalue weighted by Gasteiger charge is -2.28. The molecule has 0 aromatic rings. The molecular formula is C13H23NO4. The molecule has 5 nitrogen and oxygen atoms in total. The van der Waals surface area contributed by atoms with E-state index in [0.29, 0.717) is 25.7 Å². The van der Waals surface area contributed by atoms with Crippen LogP contribution in [0.3, 0.4) is 0 Å². The maximum Gasteiger partial charge on any atom is 0.323 e. The van der Waals surface area contributed by atoms with Crippen LogP contribution in [0.2, 0.25) is 0 Å². The summed E-state index contributed by atoms with van der Waals surface area (Å²) in [6.07, 6.45) is 2.72. The van der Waals surface area contributed by atoms with Crippen LogP contribution in [0.4, 0.5) is 0 Å². The Morgan fingerprint density at radius 1 is 1.17 bits per heavy atom. The van der Waals surface area contributed by atoms with Crippen LogP contribution in [-0.2, 0) is 19.1 Å². The van der Waals surface area contributed by atoms with Gasteiger partial charge in [-0.25, -0.2) is 0 Å². The topological polar surface area (TPSA) is 55.8 Å². The molecule has 18 heavy (non-hydrogen) atoms. The van der Waals surface area contributed by atoms with E-state index >= 15 is 0 Å². The second-order valence-electron chi connectivity index (χ2n) is 4.38. The Bertz CT molecular complexity index is 289. The molecular weight excluding hydrogens is 234 g/mol. The van der Waals surface area contributed by atoms with Gasteiger partial charge in [-0.1, -0.05) is 6.92 Å². The van der Waals surface area contributed by atoms with Gasteiger partial charge in [-0.2, -0.15) is 0 Å². The summed E-state index contributed by atoms with van der Waals surface area (Å²) >= 11 is 0. The highest BCUT2D eigenvalue weighted by Gasteiger charge is 2.38. The third-order valence-electron chi connectivity index (χ3n) is 2.98. The maximum absolute atomic E-state index is 11.9. The van der Waals surface area contributed by atoms with Crippen LogP contribution in [-0.4, -0.2) is 48.7 Å². The van der Waals surface area contributed by atoms with Crippen LogP contribution < -0.4 is 0 Å². The summed E-state index contributed by atoms with van der Waals surface area (Å²) in [6, 6.07) is -0.00869. The zero-order valence-corrected chi connectivity index (χ0v) is 11.5. The monoisotopic (exact) mass is 257 g/mol. The van der Waals surface area contributed by atoms with Gasteiger partial charge in [0.05, 0.1) is 19.8 Å². The van der Waals surface area contributed by atoms with Gasteiger partial charge in [0.2, 0.25) is 0 Å². The molecule has 0 amide bonds. The quantitative estimate of drug-likeness (QED) is 0.614. The fourth-order valence-corrected chi connectivity index (χ4v) is 2.03. The van der Waals surface area contributed by atoms with E-state index < -0.39 is 0 Å². The number of nitrogens with zero attached hydrogens (tertiary/aromatic N) is 1. The molecule has 5 heteroatoms. The molecule has 0 saturated heterocycles. The molecule has 1 aliphatic rings. The van der Waals surface area contributed by atoms with Crippen molar-refractivity contribution in [3.05, 3.63) is 0 Å². The third kappa shape index (κ3) is 4.29. The lowest BCUT2D eigenvalue weighted by Crippen LogP contribution is -2.46. The van der Waals surface area contributed by atoms with Gasteiger partial charge in [0, 0.05) is 6.04 Å². The van der Waals surface area contributed by atoms with Crippen LogP contribution in [0, 0.1) is 0 Å². The molecule has 0 radical (unpaired) electrons. The summed E-state index contributed by atoms with van der Waals surface area (Å²) in [4.78, 5) is 25.4. The Kier molecular flexibility index (Phi) is 6.12. The van der Waals surface area contributed by atoms with E-state index in [-0.39, 0.29) is 24.5 Å². The summed E-state index contributed by atoms with van der Waals surface area (Å²) in [6.45, 7) is 6.41. The van der Waals surface area contributed by atoms with E-state index in [4.69, 9.17) is 9.47 Å². The number of ether oxygens (including phenoxy) is 2. The summed E-state index contributed by atoms with van der Waals surface area (Å²) in [5, 5.41) is 0. The number of carbonyl (C=O) groups excluding carboxylic acids is 2. The maximum atomic E-state index is 11.9. The van der Waals surface area contributed by atoms with E-state index in [1.54, 1.807) is 13.8 Å². The molecule has 0 aliphatic heterocycles. The Labute approximate surface area is 108 Å². The van der Waals surface area contributed by atoms with Crippen molar-refractivity contribution in [1.82, 2.24) is 4.90 Å². The lowest BCUT2D eigenvalue weighted by atomic mass is 10.2. The fraction of sp³-hybridized carbons (Fsp3) is 0.846. The third-order valence-corrected chi connectivity index (χ3v) is 2.98. The van der Waals surface area contributed by atoms with Crippen LogP contribution in [0.1, 0.15) is 40.0 Å². The van der Waals surface area contributed by atoms with Gasteiger partial charge < -0.3 is 9.47 Å². The van der Waals surface area contributed by atoms with Gasteiger partial charge in [0.25, 0.3) is 0 Å². The molecule has 0 aromatic heterocycles. The van der Waals surface area contributed by atoms with Gasteiger partial charge in [0.1, 0.15) is 6.04 Å². The Hall–Kier alpha value is -1.10. The second-order valence-corrected chi connectivity index (χ2v) is 4.38. The van der Waals surface area contributed by atoms with Gasteiger partial charge in [-0.3, -0.25) is 14.5 Å². The molecule has 1 atom stereocenters. The zero-order chi connectivity index (χ0) is 13.5. The minimum absolute atomic E-state index is 0.176. The van der Waals surface area contributed by atoms with Gasteiger partial charge >= 0.3 is 11.9 Å². The Morgan fingerprint density at radius 2 is 1.78 bits per heavy atom. The first-order valence-corrected chi connectivity index (χ1v) is 6.71. The van der Waals surface area contributed by atoms with Crippen molar-refractivity contribution in [2.75, 3.05) is 19.8 Å². The molecule has 1 saturated carbocycles. The van der Waals surface area contributed by atoms with Crippen LogP contribution in [0.5, 0.6) is 0 Å². The van der Waals surface area contributed by atoms with Gasteiger partial charge in [-0.05, 0) is 33.1 Å². The standard InChI is InChI=1S/C13H23NO4/c1-4-11(13(16)18-6-3)14(10-7-8-10)9-12(15)17-5-2/h10-11H,4-9H2,1-3H3. The fourth-order valence-electron chi connectivity index (χ4n) is 2.03. The van der Waals surface area contributed by atoms with Crippen molar-refractivity contribution in [2.45, 2.75) is 52.1 Å². The molecule has 0 aromatic carbocycles. The second kappa shape index (κ2) is 7.36. The first-order chi connectivity index (χ1) is 8.63. The first-order valence-electron chi connectivity index (χ1n) is 6.71. The van der Waals surface area contributed by atoms with Gasteiger partial charge in [-0.15, -0.1) is 0 Å². The van der Waals surface area contributed by atoms with Crippen molar-refractivity contribution in [3.63, 3.8) is 0 Å². The molecule has 1 aliphatic carbocycles. The van der Waals surface area contributed by atoms with Crippen molar-refractivity contribution >= 4 is 11.9 Å².